The Morgan fingerprint density at radius 1 is 1.07 bits per heavy atom. The zero-order valence-electron chi connectivity index (χ0n) is 14.5. The first-order chi connectivity index (χ1) is 13.1. The molecular formula is C18H20Cl2N6O. The highest BCUT2D eigenvalue weighted by molar-refractivity contribution is 6.39. The van der Waals surface area contributed by atoms with E-state index >= 15 is 0 Å². The molecule has 27 heavy (non-hydrogen) atoms. The fourth-order valence-electron chi connectivity index (χ4n) is 2.53. The summed E-state index contributed by atoms with van der Waals surface area (Å²) >= 11 is 12.9. The van der Waals surface area contributed by atoms with Crippen LogP contribution in [0.25, 0.3) is 11.1 Å². The molecule has 0 saturated carbocycles. The van der Waals surface area contributed by atoms with Crippen LogP contribution in [0, 0.1) is 0 Å². The van der Waals surface area contributed by atoms with E-state index in [1.165, 1.54) is 0 Å². The smallest absolute Gasteiger partial charge is 0.248 e. The Morgan fingerprint density at radius 3 is 2.37 bits per heavy atom. The first kappa shape index (κ1) is 19.3. The van der Waals surface area contributed by atoms with Gasteiger partial charge >= 0.3 is 0 Å². The lowest BCUT2D eigenvalue weighted by molar-refractivity contribution is 0.308. The Morgan fingerprint density at radius 2 is 1.78 bits per heavy atom. The highest BCUT2D eigenvalue weighted by atomic mass is 35.5. The van der Waals surface area contributed by atoms with Crippen LogP contribution in [-0.4, -0.2) is 28.3 Å². The van der Waals surface area contributed by atoms with Crippen LogP contribution in [0.3, 0.4) is 0 Å². The van der Waals surface area contributed by atoms with Crippen molar-refractivity contribution in [3.8, 4) is 16.9 Å². The number of unbranched alkanes of at least 4 members (excludes halogenated alkanes) is 1. The van der Waals surface area contributed by atoms with E-state index < -0.39 is 0 Å². The van der Waals surface area contributed by atoms with Crippen LogP contribution in [0.5, 0.6) is 5.75 Å². The van der Waals surface area contributed by atoms with Crippen LogP contribution in [0.2, 0.25) is 10.0 Å². The standard InChI is InChI=1S/C18H20Cl2N6O/c19-14-9-12(23-18-24-17(22)25-26-18)10-15(20)16(14)11-3-5-13(6-4-11)27-8-2-1-7-21/h3-6,9-10H,1-2,7-8,21H2,(H4,22,23,24,25,26). The zero-order valence-corrected chi connectivity index (χ0v) is 16.0. The number of nitrogen functional groups attached to an aromatic ring is 1. The fourth-order valence-corrected chi connectivity index (χ4v) is 3.24. The lowest BCUT2D eigenvalue weighted by Crippen LogP contribution is -2.03. The summed E-state index contributed by atoms with van der Waals surface area (Å²) in [5, 5.41) is 10.5. The number of aromatic amines is 1. The Balaban J connectivity index is 1.74. The number of hydrogen-bond donors (Lipinski definition) is 4. The van der Waals surface area contributed by atoms with E-state index in [4.69, 9.17) is 39.4 Å². The molecule has 0 aliphatic carbocycles. The summed E-state index contributed by atoms with van der Waals surface area (Å²) in [5.41, 5.74) is 13.3. The van der Waals surface area contributed by atoms with Crippen LogP contribution >= 0.6 is 23.2 Å². The van der Waals surface area contributed by atoms with Crippen molar-refractivity contribution in [2.75, 3.05) is 24.2 Å². The van der Waals surface area contributed by atoms with Crippen LogP contribution in [-0.2, 0) is 0 Å². The van der Waals surface area contributed by atoms with Gasteiger partial charge in [0.05, 0.1) is 16.7 Å². The topological polar surface area (TPSA) is 115 Å². The highest BCUT2D eigenvalue weighted by Gasteiger charge is 2.12. The third-order valence-electron chi connectivity index (χ3n) is 3.81. The van der Waals surface area contributed by atoms with Crippen molar-refractivity contribution in [3.63, 3.8) is 0 Å². The first-order valence-corrected chi connectivity index (χ1v) is 9.19. The molecule has 0 aliphatic heterocycles. The van der Waals surface area contributed by atoms with Gasteiger partial charge in [-0.15, -0.1) is 5.10 Å². The fraction of sp³-hybridized carbons (Fsp3) is 0.222. The molecule has 142 valence electrons. The van der Waals surface area contributed by atoms with Crippen LogP contribution < -0.4 is 21.5 Å². The van der Waals surface area contributed by atoms with Gasteiger partial charge in [-0.1, -0.05) is 35.3 Å². The van der Waals surface area contributed by atoms with Crippen LogP contribution in [0.15, 0.2) is 36.4 Å². The minimum atomic E-state index is 0.219. The Bertz CT molecular complexity index is 874. The van der Waals surface area contributed by atoms with E-state index in [1.54, 1.807) is 12.1 Å². The molecular weight excluding hydrogens is 387 g/mol. The molecule has 7 nitrogen and oxygen atoms in total. The van der Waals surface area contributed by atoms with Gasteiger partial charge in [0.2, 0.25) is 11.9 Å². The van der Waals surface area contributed by atoms with Crippen molar-refractivity contribution < 1.29 is 4.74 Å². The molecule has 0 radical (unpaired) electrons. The van der Waals surface area contributed by atoms with Gasteiger partial charge in [-0.3, -0.25) is 0 Å². The molecule has 0 atom stereocenters. The van der Waals surface area contributed by atoms with Gasteiger partial charge in [0, 0.05) is 11.3 Å². The molecule has 0 unspecified atom stereocenters. The molecule has 0 amide bonds. The maximum atomic E-state index is 6.46. The second-order valence-electron chi connectivity index (χ2n) is 5.85. The molecule has 3 rings (SSSR count). The summed E-state index contributed by atoms with van der Waals surface area (Å²) < 4.78 is 5.69. The van der Waals surface area contributed by atoms with E-state index in [9.17, 15) is 0 Å². The molecule has 2 aromatic carbocycles. The number of nitrogens with two attached hydrogens (primary N) is 2. The maximum Gasteiger partial charge on any atom is 0.248 e. The highest BCUT2D eigenvalue weighted by Crippen LogP contribution is 2.38. The minimum Gasteiger partial charge on any atom is -0.494 e. The zero-order chi connectivity index (χ0) is 19.2. The van der Waals surface area contributed by atoms with E-state index in [0.29, 0.717) is 34.8 Å². The predicted octanol–water partition coefficient (Wildman–Crippen LogP) is 4.22. The van der Waals surface area contributed by atoms with Gasteiger partial charge in [0.1, 0.15) is 5.75 Å². The van der Waals surface area contributed by atoms with Gasteiger partial charge in [-0.2, -0.15) is 4.98 Å². The van der Waals surface area contributed by atoms with E-state index in [-0.39, 0.29) is 5.95 Å². The molecule has 0 aliphatic rings. The van der Waals surface area contributed by atoms with Crippen molar-refractivity contribution in [2.24, 2.45) is 5.73 Å². The van der Waals surface area contributed by atoms with Crippen LogP contribution in [0.1, 0.15) is 12.8 Å². The Labute approximate surface area is 167 Å². The van der Waals surface area contributed by atoms with Crippen molar-refractivity contribution >= 4 is 40.8 Å². The summed E-state index contributed by atoms with van der Waals surface area (Å²) in [6.07, 6.45) is 1.88. The normalized spacial score (nSPS) is 10.8. The summed E-state index contributed by atoms with van der Waals surface area (Å²) in [4.78, 5) is 3.98. The maximum absolute atomic E-state index is 6.46. The first-order valence-electron chi connectivity index (χ1n) is 8.44. The SMILES string of the molecule is NCCCCOc1ccc(-c2c(Cl)cc(Nc3n[nH]c(N)n3)cc2Cl)cc1. The number of H-pyrrole nitrogens is 1. The largest absolute Gasteiger partial charge is 0.494 e. The Hall–Kier alpha value is -2.48. The number of aromatic nitrogens is 3. The molecule has 3 aromatic rings. The predicted molar refractivity (Wildman–Crippen MR) is 110 cm³/mol. The number of nitrogens with one attached hydrogen (secondary N) is 2. The van der Waals surface area contributed by atoms with Crippen molar-refractivity contribution in [3.05, 3.63) is 46.4 Å². The number of benzene rings is 2. The number of hydrogen-bond acceptors (Lipinski definition) is 6. The molecule has 0 saturated heterocycles. The van der Waals surface area contributed by atoms with E-state index in [1.807, 2.05) is 24.3 Å². The number of ether oxygens (including phenoxy) is 1. The average molecular weight is 407 g/mol. The number of rotatable bonds is 8. The second-order valence-corrected chi connectivity index (χ2v) is 6.67. The van der Waals surface area contributed by atoms with Gasteiger partial charge in [-0.25, -0.2) is 5.10 Å². The van der Waals surface area contributed by atoms with Crippen molar-refractivity contribution in [1.29, 1.82) is 0 Å². The van der Waals surface area contributed by atoms with Gasteiger partial charge in [-0.05, 0) is 49.2 Å². The van der Waals surface area contributed by atoms with Gasteiger partial charge in [0.25, 0.3) is 0 Å². The quantitative estimate of drug-likeness (QED) is 0.416. The molecule has 6 N–H and O–H groups in total. The molecule has 9 heteroatoms. The molecule has 0 spiro atoms. The van der Waals surface area contributed by atoms with Gasteiger partial charge in [0.15, 0.2) is 0 Å². The number of nitrogens with zero attached hydrogens (tertiary/aromatic N) is 2. The summed E-state index contributed by atoms with van der Waals surface area (Å²) in [7, 11) is 0. The molecule has 0 bridgehead atoms. The number of halogens is 2. The van der Waals surface area contributed by atoms with Gasteiger partial charge < -0.3 is 21.5 Å². The lowest BCUT2D eigenvalue weighted by Gasteiger charge is -2.12. The summed E-state index contributed by atoms with van der Waals surface area (Å²) in [6, 6.07) is 11.2. The second kappa shape index (κ2) is 8.94. The van der Waals surface area contributed by atoms with E-state index in [2.05, 4.69) is 20.5 Å². The monoisotopic (exact) mass is 406 g/mol. The third-order valence-corrected chi connectivity index (χ3v) is 4.41. The third kappa shape index (κ3) is 5.03. The average Bonchev–Trinajstić information content (AvgIpc) is 3.04. The minimum absolute atomic E-state index is 0.219. The Kier molecular flexibility index (Phi) is 6.39. The van der Waals surface area contributed by atoms with Crippen molar-refractivity contribution in [2.45, 2.75) is 12.8 Å². The van der Waals surface area contributed by atoms with E-state index in [0.717, 1.165) is 29.7 Å². The molecule has 0 fully saturated rings. The number of anilines is 3. The van der Waals surface area contributed by atoms with Crippen LogP contribution in [0.4, 0.5) is 17.6 Å². The summed E-state index contributed by atoms with van der Waals surface area (Å²) in [6.45, 7) is 1.32. The summed E-state index contributed by atoms with van der Waals surface area (Å²) in [5.74, 6) is 1.35. The molecule has 1 heterocycles. The lowest BCUT2D eigenvalue weighted by atomic mass is 10.0. The van der Waals surface area contributed by atoms with Crippen molar-refractivity contribution in [1.82, 2.24) is 15.2 Å². The molecule has 1 aromatic heterocycles.